The van der Waals surface area contributed by atoms with Gasteiger partial charge in [0, 0.05) is 48.8 Å². The minimum atomic E-state index is -3.75. The van der Waals surface area contributed by atoms with Crippen molar-refractivity contribution in [1.29, 1.82) is 0 Å². The van der Waals surface area contributed by atoms with Crippen molar-refractivity contribution in [3.8, 4) is 11.5 Å². The van der Waals surface area contributed by atoms with Crippen molar-refractivity contribution < 1.29 is 32.2 Å². The first-order chi connectivity index (χ1) is 14.8. The summed E-state index contributed by atoms with van der Waals surface area (Å²) >= 11 is 0. The lowest BCUT2D eigenvalue weighted by atomic mass is 10.1. The van der Waals surface area contributed by atoms with E-state index in [-0.39, 0.29) is 55.1 Å². The number of piperazine rings is 1. The zero-order valence-corrected chi connectivity index (χ0v) is 16.0. The number of hydrogen-bond donors (Lipinski definition) is 1. The number of halogens is 3. The van der Waals surface area contributed by atoms with Gasteiger partial charge in [0.1, 0.15) is 5.82 Å². The fraction of sp³-hybridized carbons (Fsp3) is 0.238. The second kappa shape index (κ2) is 6.93. The quantitative estimate of drug-likeness (QED) is 0.676. The predicted molar refractivity (Wildman–Crippen MR) is 103 cm³/mol. The van der Waals surface area contributed by atoms with Crippen LogP contribution in [0.5, 0.6) is 11.5 Å². The van der Waals surface area contributed by atoms with Gasteiger partial charge in [0.25, 0.3) is 11.8 Å². The van der Waals surface area contributed by atoms with Crippen LogP contribution in [0.4, 0.5) is 13.2 Å². The lowest BCUT2D eigenvalue weighted by Crippen LogP contribution is -2.50. The first kappa shape index (κ1) is 19.3. The Morgan fingerprint density at radius 2 is 1.58 bits per heavy atom. The Hall–Kier alpha value is -3.69. The van der Waals surface area contributed by atoms with Crippen molar-refractivity contribution in [1.82, 2.24) is 14.8 Å². The van der Waals surface area contributed by atoms with Crippen LogP contribution in [0.1, 0.15) is 20.7 Å². The highest BCUT2D eigenvalue weighted by atomic mass is 19.3. The van der Waals surface area contributed by atoms with E-state index < -0.39 is 12.1 Å². The van der Waals surface area contributed by atoms with Gasteiger partial charge in [-0.15, -0.1) is 8.78 Å². The maximum absolute atomic E-state index is 13.6. The van der Waals surface area contributed by atoms with E-state index in [2.05, 4.69) is 14.5 Å². The zero-order valence-electron chi connectivity index (χ0n) is 16.0. The SMILES string of the molecule is O=C(c1ccc2c(c1)OC(F)(F)O2)N1CCN(C(=O)c2c[nH]c3ccc(F)cc23)CC1. The molecule has 0 radical (unpaired) electrons. The number of H-pyrrole nitrogens is 1. The fourth-order valence-electron chi connectivity index (χ4n) is 3.82. The summed E-state index contributed by atoms with van der Waals surface area (Å²) in [6.45, 7) is 1.11. The monoisotopic (exact) mass is 431 g/mol. The third-order valence-electron chi connectivity index (χ3n) is 5.38. The van der Waals surface area contributed by atoms with Gasteiger partial charge in [-0.3, -0.25) is 9.59 Å². The van der Waals surface area contributed by atoms with Gasteiger partial charge in [-0.1, -0.05) is 0 Å². The molecule has 3 aromatic rings. The summed E-state index contributed by atoms with van der Waals surface area (Å²) in [5.74, 6) is -1.38. The number of carbonyl (C=O) groups is 2. The lowest BCUT2D eigenvalue weighted by molar-refractivity contribution is -0.286. The molecule has 1 saturated heterocycles. The normalized spacial score (nSPS) is 17.3. The molecule has 2 amide bonds. The molecule has 0 atom stereocenters. The largest absolute Gasteiger partial charge is 0.586 e. The molecule has 1 N–H and O–H groups in total. The summed E-state index contributed by atoms with van der Waals surface area (Å²) < 4.78 is 48.7. The molecule has 2 aliphatic rings. The third kappa shape index (κ3) is 3.43. The molecular formula is C21H16F3N3O4. The smallest absolute Gasteiger partial charge is 0.395 e. The molecule has 31 heavy (non-hydrogen) atoms. The molecular weight excluding hydrogens is 415 g/mol. The van der Waals surface area contributed by atoms with Gasteiger partial charge in [-0.25, -0.2) is 4.39 Å². The lowest BCUT2D eigenvalue weighted by Gasteiger charge is -2.34. The number of nitrogens with one attached hydrogen (secondary N) is 1. The van der Waals surface area contributed by atoms with E-state index in [1.807, 2.05) is 0 Å². The Bertz CT molecular complexity index is 1200. The number of rotatable bonds is 2. The average molecular weight is 431 g/mol. The number of ether oxygens (including phenoxy) is 2. The van der Waals surface area contributed by atoms with E-state index in [1.54, 1.807) is 17.2 Å². The number of alkyl halides is 2. The first-order valence-electron chi connectivity index (χ1n) is 9.56. The Kier molecular flexibility index (Phi) is 4.31. The van der Waals surface area contributed by atoms with Gasteiger partial charge in [-0.2, -0.15) is 0 Å². The number of nitrogens with zero attached hydrogens (tertiary/aromatic N) is 2. The summed E-state index contributed by atoms with van der Waals surface area (Å²) in [4.78, 5) is 31.8. The van der Waals surface area contributed by atoms with Crippen LogP contribution in [0, 0.1) is 5.82 Å². The van der Waals surface area contributed by atoms with Crippen LogP contribution in [-0.4, -0.2) is 59.1 Å². The van der Waals surface area contributed by atoms with Gasteiger partial charge < -0.3 is 24.3 Å². The van der Waals surface area contributed by atoms with Gasteiger partial charge in [-0.05, 0) is 36.4 Å². The molecule has 3 heterocycles. The van der Waals surface area contributed by atoms with Crippen LogP contribution in [0.15, 0.2) is 42.6 Å². The topological polar surface area (TPSA) is 74.9 Å². The molecule has 1 fully saturated rings. The summed E-state index contributed by atoms with van der Waals surface area (Å²) in [5, 5.41) is 0.501. The van der Waals surface area contributed by atoms with Crippen LogP contribution in [0.25, 0.3) is 10.9 Å². The number of aromatic amines is 1. The van der Waals surface area contributed by atoms with E-state index in [0.717, 1.165) is 0 Å². The minimum Gasteiger partial charge on any atom is -0.395 e. The molecule has 0 bridgehead atoms. The number of amides is 2. The molecule has 160 valence electrons. The van der Waals surface area contributed by atoms with Crippen molar-refractivity contribution in [3.05, 3.63) is 59.5 Å². The number of fused-ring (bicyclic) bond motifs is 2. The molecule has 2 aromatic carbocycles. The van der Waals surface area contributed by atoms with Crippen LogP contribution < -0.4 is 9.47 Å². The van der Waals surface area contributed by atoms with E-state index in [1.165, 1.54) is 35.2 Å². The maximum Gasteiger partial charge on any atom is 0.586 e. The molecule has 7 nitrogen and oxygen atoms in total. The first-order valence-corrected chi connectivity index (χ1v) is 9.56. The third-order valence-corrected chi connectivity index (χ3v) is 5.38. The molecule has 10 heteroatoms. The van der Waals surface area contributed by atoms with Crippen LogP contribution in [0.3, 0.4) is 0 Å². The number of aromatic nitrogens is 1. The average Bonchev–Trinajstić information content (AvgIpc) is 3.30. The Morgan fingerprint density at radius 3 is 2.32 bits per heavy atom. The van der Waals surface area contributed by atoms with Crippen molar-refractivity contribution in [2.75, 3.05) is 26.2 Å². The number of benzene rings is 2. The van der Waals surface area contributed by atoms with E-state index in [0.29, 0.717) is 16.5 Å². The summed E-state index contributed by atoms with van der Waals surface area (Å²) in [6.07, 6.45) is -2.20. The van der Waals surface area contributed by atoms with Crippen LogP contribution in [0.2, 0.25) is 0 Å². The summed E-state index contributed by atoms with van der Waals surface area (Å²) in [5.41, 5.74) is 1.21. The molecule has 5 rings (SSSR count). The molecule has 0 unspecified atom stereocenters. The molecule has 0 aliphatic carbocycles. The van der Waals surface area contributed by atoms with E-state index >= 15 is 0 Å². The van der Waals surface area contributed by atoms with Crippen molar-refractivity contribution in [3.63, 3.8) is 0 Å². The molecule has 1 aromatic heterocycles. The van der Waals surface area contributed by atoms with E-state index in [9.17, 15) is 22.8 Å². The van der Waals surface area contributed by atoms with Crippen molar-refractivity contribution >= 4 is 22.7 Å². The number of hydrogen-bond acceptors (Lipinski definition) is 4. The van der Waals surface area contributed by atoms with Gasteiger partial charge >= 0.3 is 6.29 Å². The van der Waals surface area contributed by atoms with Gasteiger partial charge in [0.2, 0.25) is 0 Å². The van der Waals surface area contributed by atoms with Crippen LogP contribution >= 0.6 is 0 Å². The second-order valence-corrected chi connectivity index (χ2v) is 7.31. The second-order valence-electron chi connectivity index (χ2n) is 7.31. The van der Waals surface area contributed by atoms with Gasteiger partial charge in [0.15, 0.2) is 11.5 Å². The highest BCUT2D eigenvalue weighted by molar-refractivity contribution is 6.06. The summed E-state index contributed by atoms with van der Waals surface area (Å²) in [7, 11) is 0. The predicted octanol–water partition coefficient (Wildman–Crippen LogP) is 3.23. The van der Waals surface area contributed by atoms with Crippen LogP contribution in [-0.2, 0) is 0 Å². The number of carbonyl (C=O) groups excluding carboxylic acids is 2. The molecule has 2 aliphatic heterocycles. The molecule has 0 spiro atoms. The fourth-order valence-corrected chi connectivity index (χ4v) is 3.82. The standard InChI is InChI=1S/C21H16F3N3O4/c22-13-2-3-16-14(10-13)15(11-25-16)20(29)27-7-5-26(6-8-27)19(28)12-1-4-17-18(9-12)31-21(23,24)30-17/h1-4,9-11,25H,5-8H2. The Balaban J connectivity index is 1.27. The maximum atomic E-state index is 13.6. The molecule has 0 saturated carbocycles. The summed E-state index contributed by atoms with van der Waals surface area (Å²) in [6, 6.07) is 8.07. The minimum absolute atomic E-state index is 0.132. The zero-order chi connectivity index (χ0) is 21.8. The van der Waals surface area contributed by atoms with E-state index in [4.69, 9.17) is 0 Å². The van der Waals surface area contributed by atoms with Gasteiger partial charge in [0.05, 0.1) is 5.56 Å². The Morgan fingerprint density at radius 1 is 0.903 bits per heavy atom. The van der Waals surface area contributed by atoms with Crippen molar-refractivity contribution in [2.45, 2.75) is 6.29 Å². The Labute approximate surface area is 173 Å². The van der Waals surface area contributed by atoms with Crippen molar-refractivity contribution in [2.24, 2.45) is 0 Å². The highest BCUT2D eigenvalue weighted by Crippen LogP contribution is 2.41. The highest BCUT2D eigenvalue weighted by Gasteiger charge is 2.43.